The normalized spacial score (nSPS) is 15.1. The van der Waals surface area contributed by atoms with Crippen LogP contribution in [0.4, 0.5) is 0 Å². The third kappa shape index (κ3) is 3.71. The lowest BCUT2D eigenvalue weighted by Crippen LogP contribution is -2.51. The van der Waals surface area contributed by atoms with Gasteiger partial charge in [-0.05, 0) is 37.1 Å². The number of carbonyl (C=O) groups is 2. The Morgan fingerprint density at radius 3 is 2.63 bits per heavy atom. The third-order valence-electron chi connectivity index (χ3n) is 2.95. The molecule has 19 heavy (non-hydrogen) atoms. The molecule has 1 aliphatic heterocycles. The molecule has 0 atom stereocenters. The molecule has 1 aromatic carbocycles. The first-order valence-corrected chi connectivity index (χ1v) is 6.30. The number of piperazine rings is 1. The van der Waals surface area contributed by atoms with E-state index in [1.165, 1.54) is 4.90 Å². The number of ether oxygens (including phenoxy) is 1. The van der Waals surface area contributed by atoms with Gasteiger partial charge in [0.05, 0.1) is 6.54 Å². The molecule has 0 aliphatic carbocycles. The first-order chi connectivity index (χ1) is 9.04. The van der Waals surface area contributed by atoms with Crippen LogP contribution in [0.15, 0.2) is 18.2 Å². The maximum Gasteiger partial charge on any atom is 0.261 e. The second-order valence-corrected chi connectivity index (χ2v) is 4.78. The number of hydrogen-bond donors (Lipinski definition) is 1. The van der Waals surface area contributed by atoms with Gasteiger partial charge in [-0.2, -0.15) is 0 Å². The van der Waals surface area contributed by atoms with Crippen LogP contribution in [0.5, 0.6) is 5.75 Å². The predicted molar refractivity (Wildman–Crippen MR) is 71.0 cm³/mol. The summed E-state index contributed by atoms with van der Waals surface area (Å²) in [4.78, 5) is 24.6. The summed E-state index contributed by atoms with van der Waals surface area (Å²) in [6.07, 6.45) is 0. The van der Waals surface area contributed by atoms with E-state index in [2.05, 4.69) is 5.32 Å². The second-order valence-electron chi connectivity index (χ2n) is 4.78. The zero-order chi connectivity index (χ0) is 13.8. The molecule has 2 rings (SSSR count). The molecule has 0 spiro atoms. The zero-order valence-corrected chi connectivity index (χ0v) is 11.2. The van der Waals surface area contributed by atoms with Crippen LogP contribution in [0, 0.1) is 13.8 Å². The van der Waals surface area contributed by atoms with Gasteiger partial charge in [-0.15, -0.1) is 0 Å². The van der Waals surface area contributed by atoms with E-state index in [4.69, 9.17) is 4.74 Å². The average molecular weight is 262 g/mol. The molecule has 1 aromatic rings. The van der Waals surface area contributed by atoms with Crippen LogP contribution in [-0.2, 0) is 9.59 Å². The quantitative estimate of drug-likeness (QED) is 0.869. The number of nitrogens with one attached hydrogen (secondary N) is 1. The van der Waals surface area contributed by atoms with E-state index in [9.17, 15) is 9.59 Å². The average Bonchev–Trinajstić information content (AvgIpc) is 2.35. The molecule has 0 unspecified atom stereocenters. The fourth-order valence-corrected chi connectivity index (χ4v) is 2.10. The Kier molecular flexibility index (Phi) is 4.04. The molecule has 5 nitrogen and oxygen atoms in total. The maximum atomic E-state index is 11.9. The van der Waals surface area contributed by atoms with Crippen LogP contribution >= 0.6 is 0 Å². The Hall–Kier alpha value is -2.04. The first kappa shape index (κ1) is 13.4. The Morgan fingerprint density at radius 2 is 2.00 bits per heavy atom. The summed E-state index contributed by atoms with van der Waals surface area (Å²) >= 11 is 0. The highest BCUT2D eigenvalue weighted by Crippen LogP contribution is 2.16. The van der Waals surface area contributed by atoms with Crippen LogP contribution < -0.4 is 10.1 Å². The smallest absolute Gasteiger partial charge is 0.261 e. The van der Waals surface area contributed by atoms with Gasteiger partial charge in [0.2, 0.25) is 5.91 Å². The van der Waals surface area contributed by atoms with Crippen molar-refractivity contribution < 1.29 is 14.3 Å². The molecular weight excluding hydrogens is 244 g/mol. The largest absolute Gasteiger partial charge is 0.484 e. The highest BCUT2D eigenvalue weighted by Gasteiger charge is 2.21. The molecule has 0 radical (unpaired) electrons. The number of hydrogen-bond acceptors (Lipinski definition) is 3. The van der Waals surface area contributed by atoms with E-state index in [1.807, 2.05) is 32.0 Å². The van der Waals surface area contributed by atoms with E-state index in [-0.39, 0.29) is 25.0 Å². The van der Waals surface area contributed by atoms with Crippen LogP contribution in [0.1, 0.15) is 11.1 Å². The molecule has 1 aliphatic rings. The van der Waals surface area contributed by atoms with Crippen LogP contribution in [-0.4, -0.2) is 43.0 Å². The summed E-state index contributed by atoms with van der Waals surface area (Å²) in [6.45, 7) is 5.10. The molecule has 0 saturated carbocycles. The van der Waals surface area contributed by atoms with Crippen molar-refractivity contribution in [3.8, 4) is 5.75 Å². The summed E-state index contributed by atoms with van der Waals surface area (Å²) in [7, 11) is 0. The van der Waals surface area contributed by atoms with Gasteiger partial charge in [0.15, 0.2) is 6.61 Å². The highest BCUT2D eigenvalue weighted by atomic mass is 16.5. The Morgan fingerprint density at radius 1 is 1.32 bits per heavy atom. The number of nitrogens with zero attached hydrogens (tertiary/aromatic N) is 1. The molecule has 1 N–H and O–H groups in total. The van der Waals surface area contributed by atoms with Crippen molar-refractivity contribution in [1.82, 2.24) is 10.2 Å². The standard InChI is InChI=1S/C14H18N2O3/c1-10-5-11(2)7-12(6-10)19-9-14(18)16-4-3-15-13(17)8-16/h5-7H,3-4,8-9H2,1-2H3,(H,15,17). The fourth-order valence-electron chi connectivity index (χ4n) is 2.10. The Bertz CT molecular complexity index is 479. The molecular formula is C14H18N2O3. The third-order valence-corrected chi connectivity index (χ3v) is 2.95. The molecule has 1 heterocycles. The van der Waals surface area contributed by atoms with Gasteiger partial charge in [-0.1, -0.05) is 6.07 Å². The van der Waals surface area contributed by atoms with Gasteiger partial charge < -0.3 is 15.0 Å². The lowest BCUT2D eigenvalue weighted by molar-refractivity contribution is -0.139. The fraction of sp³-hybridized carbons (Fsp3) is 0.429. The molecule has 102 valence electrons. The van der Waals surface area contributed by atoms with Crippen LogP contribution in [0.3, 0.4) is 0 Å². The molecule has 0 bridgehead atoms. The van der Waals surface area contributed by atoms with Crippen LogP contribution in [0.2, 0.25) is 0 Å². The second kappa shape index (κ2) is 5.73. The Labute approximate surface area is 112 Å². The zero-order valence-electron chi connectivity index (χ0n) is 11.2. The lowest BCUT2D eigenvalue weighted by Gasteiger charge is -2.26. The molecule has 5 heteroatoms. The summed E-state index contributed by atoms with van der Waals surface area (Å²) in [5, 5.41) is 2.68. The lowest BCUT2D eigenvalue weighted by atomic mass is 10.1. The monoisotopic (exact) mass is 262 g/mol. The number of rotatable bonds is 3. The minimum absolute atomic E-state index is 0.0316. The van der Waals surface area contributed by atoms with Gasteiger partial charge in [-0.3, -0.25) is 9.59 Å². The van der Waals surface area contributed by atoms with Gasteiger partial charge in [0.25, 0.3) is 5.91 Å². The van der Waals surface area contributed by atoms with E-state index in [1.54, 1.807) is 0 Å². The maximum absolute atomic E-state index is 11.9. The topological polar surface area (TPSA) is 58.6 Å². The molecule has 1 fully saturated rings. The van der Waals surface area contributed by atoms with Crippen LogP contribution in [0.25, 0.3) is 0 Å². The van der Waals surface area contributed by atoms with E-state index in [0.717, 1.165) is 11.1 Å². The minimum Gasteiger partial charge on any atom is -0.484 e. The van der Waals surface area contributed by atoms with Crippen molar-refractivity contribution in [3.05, 3.63) is 29.3 Å². The summed E-state index contributed by atoms with van der Waals surface area (Å²) in [6, 6.07) is 5.83. The molecule has 2 amide bonds. The Balaban J connectivity index is 1.90. The number of aryl methyl sites for hydroxylation is 2. The van der Waals surface area contributed by atoms with Crippen molar-refractivity contribution in [1.29, 1.82) is 0 Å². The number of benzene rings is 1. The van der Waals surface area contributed by atoms with Gasteiger partial charge >= 0.3 is 0 Å². The van der Waals surface area contributed by atoms with E-state index < -0.39 is 0 Å². The summed E-state index contributed by atoms with van der Waals surface area (Å²) < 4.78 is 5.49. The van der Waals surface area contributed by atoms with Gasteiger partial charge in [-0.25, -0.2) is 0 Å². The van der Waals surface area contributed by atoms with Crippen molar-refractivity contribution in [3.63, 3.8) is 0 Å². The van der Waals surface area contributed by atoms with Gasteiger partial charge in [0.1, 0.15) is 5.75 Å². The van der Waals surface area contributed by atoms with Crippen molar-refractivity contribution in [2.24, 2.45) is 0 Å². The summed E-state index contributed by atoms with van der Waals surface area (Å²) in [5.74, 6) is 0.410. The van der Waals surface area contributed by atoms with Gasteiger partial charge in [0, 0.05) is 13.1 Å². The van der Waals surface area contributed by atoms with Crippen molar-refractivity contribution in [2.75, 3.05) is 26.2 Å². The molecule has 1 saturated heterocycles. The van der Waals surface area contributed by atoms with E-state index >= 15 is 0 Å². The SMILES string of the molecule is Cc1cc(C)cc(OCC(=O)N2CCNC(=O)C2)c1. The van der Waals surface area contributed by atoms with Crippen molar-refractivity contribution >= 4 is 11.8 Å². The molecule has 0 aromatic heterocycles. The summed E-state index contributed by atoms with van der Waals surface area (Å²) in [5.41, 5.74) is 2.19. The highest BCUT2D eigenvalue weighted by molar-refractivity contribution is 5.86. The predicted octanol–water partition coefficient (Wildman–Crippen LogP) is 0.641. The number of carbonyl (C=O) groups excluding carboxylic acids is 2. The first-order valence-electron chi connectivity index (χ1n) is 6.30. The van der Waals surface area contributed by atoms with E-state index in [0.29, 0.717) is 18.8 Å². The minimum atomic E-state index is -0.158. The number of amides is 2. The van der Waals surface area contributed by atoms with Crippen molar-refractivity contribution in [2.45, 2.75) is 13.8 Å².